The van der Waals surface area contributed by atoms with E-state index in [4.69, 9.17) is 34.5 Å². The van der Waals surface area contributed by atoms with Crippen LogP contribution >= 0.6 is 15.6 Å². The summed E-state index contributed by atoms with van der Waals surface area (Å²) in [7, 11) is -9.39. The van der Waals surface area contributed by atoms with Gasteiger partial charge >= 0.3 is 15.6 Å². The number of aromatic nitrogens is 8. The smallest absolute Gasteiger partial charge is 0.382 e. The highest BCUT2D eigenvalue weighted by Crippen LogP contribution is 2.53. The Morgan fingerprint density at radius 2 is 1.60 bits per heavy atom. The molecule has 4 aromatic heterocycles. The third-order valence-electron chi connectivity index (χ3n) is 8.20. The van der Waals surface area contributed by atoms with Crippen LogP contribution in [0.5, 0.6) is 0 Å². The fourth-order valence-electron chi connectivity index (χ4n) is 5.92. The van der Waals surface area contributed by atoms with E-state index in [1.807, 2.05) is 0 Å². The zero-order valence-electron chi connectivity index (χ0n) is 23.6. The molecular weight excluding hydrogens is 640 g/mol. The number of nitrogens with one attached hydrogen (secondary N) is 2. The second kappa shape index (κ2) is 10.9. The Balaban J connectivity index is 1.21. The lowest BCUT2D eigenvalue weighted by molar-refractivity contribution is -0.0556. The summed E-state index contributed by atoms with van der Waals surface area (Å²) in [4.78, 5) is 57.1. The molecule has 0 amide bonds. The zero-order valence-corrected chi connectivity index (χ0v) is 25.4. The maximum absolute atomic E-state index is 13.4. The van der Waals surface area contributed by atoms with Crippen molar-refractivity contribution in [3.63, 3.8) is 0 Å². The van der Waals surface area contributed by atoms with E-state index in [2.05, 4.69) is 35.0 Å². The predicted molar refractivity (Wildman–Crippen MR) is 152 cm³/mol. The number of H-pyrrole nitrogens is 1. The van der Waals surface area contributed by atoms with Crippen LogP contribution in [0, 0.1) is 11.8 Å². The first kappa shape index (κ1) is 30.3. The van der Waals surface area contributed by atoms with Gasteiger partial charge in [0.05, 0.1) is 38.0 Å². The Kier molecular flexibility index (Phi) is 7.32. The summed E-state index contributed by atoms with van der Waals surface area (Å²) in [6.45, 7) is 2.42. The average molecular weight is 669 g/mol. The van der Waals surface area contributed by atoms with E-state index in [9.17, 15) is 23.7 Å². The van der Waals surface area contributed by atoms with Gasteiger partial charge in [-0.25, -0.2) is 34.2 Å². The number of phosphoric ester groups is 1. The van der Waals surface area contributed by atoms with Gasteiger partial charge in [0.15, 0.2) is 28.9 Å². The lowest BCUT2D eigenvalue weighted by atomic mass is 10.00. The number of rotatable bonds is 2. The van der Waals surface area contributed by atoms with Crippen LogP contribution in [0.25, 0.3) is 22.3 Å². The number of nitrogen functional groups attached to an aromatic ring is 2. The van der Waals surface area contributed by atoms with Crippen LogP contribution in [-0.2, 0) is 32.2 Å². The molecule has 3 fully saturated rings. The lowest BCUT2D eigenvalue weighted by Crippen LogP contribution is -2.41. The summed E-state index contributed by atoms with van der Waals surface area (Å²) in [5.74, 6) is -1.28. The van der Waals surface area contributed by atoms with Crippen LogP contribution in [0.4, 0.5) is 11.8 Å². The fourth-order valence-corrected chi connectivity index (χ4v) is 8.12. The average Bonchev–Trinajstić information content (AvgIpc) is 3.72. The van der Waals surface area contributed by atoms with Crippen LogP contribution in [0.3, 0.4) is 0 Å². The molecule has 7 rings (SSSR count). The molecule has 0 saturated carbocycles. The number of nitrogens with two attached hydrogens (primary N) is 2. The molecule has 7 heterocycles. The van der Waals surface area contributed by atoms with Gasteiger partial charge in [-0.2, -0.15) is 4.98 Å². The molecule has 10 atom stereocenters. The van der Waals surface area contributed by atoms with E-state index in [0.717, 1.165) is 0 Å². The second-order valence-corrected chi connectivity index (χ2v) is 14.0. The van der Waals surface area contributed by atoms with Gasteiger partial charge < -0.3 is 30.7 Å². The largest absolute Gasteiger partial charge is 0.472 e. The Morgan fingerprint density at radius 1 is 0.911 bits per heavy atom. The molecule has 3 aliphatic heterocycles. The van der Waals surface area contributed by atoms with E-state index in [1.54, 1.807) is 18.4 Å². The van der Waals surface area contributed by atoms with Crippen LogP contribution in [0.15, 0.2) is 23.8 Å². The van der Waals surface area contributed by atoms with E-state index < -0.39 is 83.0 Å². The molecule has 23 heteroatoms. The SMILES string of the molecule is CC1C2COP(=O)(O)NC3C(COP(=O)(O)OC1C(n1cnc4c(=O)[nH]c(N)nc41)O2)OC(n1cnc2c(N)ncnc21)C3C. The van der Waals surface area contributed by atoms with Gasteiger partial charge in [-0.3, -0.25) is 32.5 Å². The first-order chi connectivity index (χ1) is 21.3. The van der Waals surface area contributed by atoms with Crippen molar-refractivity contribution < 1.29 is 42.0 Å². The van der Waals surface area contributed by atoms with Crippen molar-refractivity contribution in [3.8, 4) is 0 Å². The zero-order chi connectivity index (χ0) is 31.8. The number of anilines is 2. The molecule has 242 valence electrons. The minimum Gasteiger partial charge on any atom is -0.382 e. The molecule has 3 aliphatic rings. The Hall–Kier alpha value is -3.36. The molecule has 2 bridgehead atoms. The Bertz CT molecular complexity index is 1930. The number of fused-ring (bicyclic) bond motifs is 5. The molecule has 8 N–H and O–H groups in total. The summed E-state index contributed by atoms with van der Waals surface area (Å²) in [5, 5.41) is 2.62. The monoisotopic (exact) mass is 669 g/mol. The maximum Gasteiger partial charge on any atom is 0.472 e. The van der Waals surface area contributed by atoms with Crippen molar-refractivity contribution in [2.24, 2.45) is 11.8 Å². The summed E-state index contributed by atoms with van der Waals surface area (Å²) in [6, 6.07) is -0.918. The van der Waals surface area contributed by atoms with Crippen molar-refractivity contribution in [1.29, 1.82) is 0 Å². The molecule has 0 radical (unpaired) electrons. The maximum atomic E-state index is 13.4. The Labute approximate surface area is 252 Å². The fraction of sp³-hybridized carbons (Fsp3) is 0.545. The topological polar surface area (TPSA) is 292 Å². The number of nitrogens with zero attached hydrogens (tertiary/aromatic N) is 7. The van der Waals surface area contributed by atoms with Gasteiger partial charge in [0.2, 0.25) is 5.95 Å². The number of imidazole rings is 2. The number of hydrogen-bond acceptors (Lipinski definition) is 15. The second-order valence-electron chi connectivity index (χ2n) is 11.0. The van der Waals surface area contributed by atoms with Crippen LogP contribution in [-0.4, -0.2) is 86.4 Å². The van der Waals surface area contributed by atoms with Crippen molar-refractivity contribution in [2.45, 2.75) is 50.7 Å². The number of hydrogen-bond donors (Lipinski definition) is 6. The van der Waals surface area contributed by atoms with E-state index in [-0.39, 0.29) is 22.9 Å². The molecule has 0 aliphatic carbocycles. The highest BCUT2D eigenvalue weighted by atomic mass is 31.2. The van der Waals surface area contributed by atoms with Gasteiger partial charge in [0, 0.05) is 11.8 Å². The quantitative estimate of drug-likeness (QED) is 0.150. The number of phosphoric acid groups is 1. The van der Waals surface area contributed by atoms with Gasteiger partial charge in [-0.05, 0) is 0 Å². The van der Waals surface area contributed by atoms with Crippen LogP contribution in [0.1, 0.15) is 26.3 Å². The molecule has 3 saturated heterocycles. The Morgan fingerprint density at radius 3 is 2.38 bits per heavy atom. The molecular formula is C22H29N11O10P2. The molecule has 0 spiro atoms. The third kappa shape index (κ3) is 5.34. The van der Waals surface area contributed by atoms with Crippen molar-refractivity contribution in [1.82, 2.24) is 44.1 Å². The van der Waals surface area contributed by atoms with Crippen LogP contribution < -0.4 is 22.1 Å². The highest BCUT2D eigenvalue weighted by molar-refractivity contribution is 7.50. The van der Waals surface area contributed by atoms with E-state index in [1.165, 1.54) is 23.5 Å². The molecule has 0 aromatic carbocycles. The standard InChI is InChI=1S/C22H29N11O10P2/c1-8-10-3-39-44(35,36)31-12-9(2)20(32-6-27-13-16(23)25-5-26-17(13)32)42-11(12)4-40-45(37,38)43-15(8)21(41-10)33-7-28-14-18(33)29-22(24)30-19(14)34/h5-12,15,20-21H,3-4H2,1-2H3,(H,37,38)(H2,23,25,26)(H2,31,35,36)(H3,24,29,30,34). The molecule has 10 unspecified atom stereocenters. The lowest BCUT2D eigenvalue weighted by Gasteiger charge is -2.27. The molecule has 4 aromatic rings. The van der Waals surface area contributed by atoms with Gasteiger partial charge in [-0.15, -0.1) is 0 Å². The summed E-state index contributed by atoms with van der Waals surface area (Å²) < 4.78 is 58.5. The van der Waals surface area contributed by atoms with E-state index >= 15 is 0 Å². The van der Waals surface area contributed by atoms with Gasteiger partial charge in [-0.1, -0.05) is 13.8 Å². The first-order valence-electron chi connectivity index (χ1n) is 13.7. The summed E-state index contributed by atoms with van der Waals surface area (Å²) in [6.07, 6.45) is -1.23. The van der Waals surface area contributed by atoms with E-state index in [0.29, 0.717) is 11.2 Å². The third-order valence-corrected chi connectivity index (χ3v) is 10.3. The summed E-state index contributed by atoms with van der Waals surface area (Å²) in [5.41, 5.74) is 11.7. The van der Waals surface area contributed by atoms with Crippen molar-refractivity contribution >= 4 is 49.7 Å². The predicted octanol–water partition coefficient (Wildman–Crippen LogP) is -0.218. The highest BCUT2D eigenvalue weighted by Gasteiger charge is 2.51. The number of aromatic amines is 1. The van der Waals surface area contributed by atoms with Gasteiger partial charge in [0.25, 0.3) is 5.56 Å². The van der Waals surface area contributed by atoms with Crippen molar-refractivity contribution in [3.05, 3.63) is 29.3 Å². The summed E-state index contributed by atoms with van der Waals surface area (Å²) >= 11 is 0. The van der Waals surface area contributed by atoms with Gasteiger partial charge in [0.1, 0.15) is 30.3 Å². The van der Waals surface area contributed by atoms with Crippen molar-refractivity contribution in [2.75, 3.05) is 24.7 Å². The van der Waals surface area contributed by atoms with Crippen LogP contribution in [0.2, 0.25) is 0 Å². The normalized spacial score (nSPS) is 37.7. The minimum atomic E-state index is -4.84. The molecule has 45 heavy (non-hydrogen) atoms. The number of ether oxygens (including phenoxy) is 2. The molecule has 21 nitrogen and oxygen atoms in total. The first-order valence-corrected chi connectivity index (χ1v) is 16.8. The minimum absolute atomic E-state index is 0.0224.